The first-order valence-corrected chi connectivity index (χ1v) is 5.79. The van der Waals surface area contributed by atoms with E-state index >= 15 is 0 Å². The van der Waals surface area contributed by atoms with Crippen LogP contribution in [0.2, 0.25) is 5.15 Å². The SMILES string of the molecule is CCn1cnc2c(Cl)nc(SC)nc21. The number of hydrogen-bond donors (Lipinski definition) is 0. The van der Waals surface area contributed by atoms with Gasteiger partial charge in [0.05, 0.1) is 6.33 Å². The number of hydrogen-bond acceptors (Lipinski definition) is 4. The topological polar surface area (TPSA) is 43.6 Å². The van der Waals surface area contributed by atoms with Crippen LogP contribution in [0.5, 0.6) is 0 Å². The van der Waals surface area contributed by atoms with E-state index in [0.29, 0.717) is 15.8 Å². The van der Waals surface area contributed by atoms with E-state index in [4.69, 9.17) is 11.6 Å². The van der Waals surface area contributed by atoms with Gasteiger partial charge in [0.15, 0.2) is 16.0 Å². The molecule has 0 radical (unpaired) electrons. The van der Waals surface area contributed by atoms with E-state index in [0.717, 1.165) is 12.2 Å². The lowest BCUT2D eigenvalue weighted by Crippen LogP contribution is -1.96. The average molecular weight is 229 g/mol. The number of fused-ring (bicyclic) bond motifs is 1. The van der Waals surface area contributed by atoms with Gasteiger partial charge in [0, 0.05) is 6.54 Å². The van der Waals surface area contributed by atoms with E-state index < -0.39 is 0 Å². The van der Waals surface area contributed by atoms with Crippen LogP contribution >= 0.6 is 23.4 Å². The molecule has 0 aliphatic carbocycles. The zero-order valence-corrected chi connectivity index (χ0v) is 9.43. The molecule has 0 atom stereocenters. The molecule has 2 aromatic rings. The fourth-order valence-electron chi connectivity index (χ4n) is 1.21. The summed E-state index contributed by atoms with van der Waals surface area (Å²) in [5.41, 5.74) is 1.48. The highest BCUT2D eigenvalue weighted by atomic mass is 35.5. The van der Waals surface area contributed by atoms with E-state index in [-0.39, 0.29) is 0 Å². The average Bonchev–Trinajstić information content (AvgIpc) is 2.61. The minimum absolute atomic E-state index is 0.423. The molecule has 0 bridgehead atoms. The number of rotatable bonds is 2. The minimum atomic E-state index is 0.423. The van der Waals surface area contributed by atoms with E-state index in [1.54, 1.807) is 6.33 Å². The molecule has 2 aromatic heterocycles. The molecule has 0 unspecified atom stereocenters. The Kier molecular flexibility index (Phi) is 2.60. The summed E-state index contributed by atoms with van der Waals surface area (Å²) in [7, 11) is 0. The maximum Gasteiger partial charge on any atom is 0.190 e. The Balaban J connectivity index is 2.73. The number of halogens is 1. The molecule has 2 heterocycles. The predicted octanol–water partition coefficient (Wildman–Crippen LogP) is 2.22. The fourth-order valence-corrected chi connectivity index (χ4v) is 1.84. The molecule has 0 saturated carbocycles. The van der Waals surface area contributed by atoms with Crippen LogP contribution in [0.25, 0.3) is 11.2 Å². The molecule has 2 rings (SSSR count). The van der Waals surface area contributed by atoms with Crippen molar-refractivity contribution in [2.75, 3.05) is 6.26 Å². The third-order valence-corrected chi connectivity index (χ3v) is 2.74. The Hall–Kier alpha value is -0.810. The van der Waals surface area contributed by atoms with Gasteiger partial charge in [0.25, 0.3) is 0 Å². The van der Waals surface area contributed by atoms with Crippen molar-refractivity contribution >= 4 is 34.5 Å². The highest BCUT2D eigenvalue weighted by Gasteiger charge is 2.10. The maximum absolute atomic E-state index is 5.97. The van der Waals surface area contributed by atoms with E-state index in [1.165, 1.54) is 11.8 Å². The summed E-state index contributed by atoms with van der Waals surface area (Å²) in [6, 6.07) is 0. The molecule has 6 heteroatoms. The lowest BCUT2D eigenvalue weighted by molar-refractivity contribution is 0.771. The van der Waals surface area contributed by atoms with Gasteiger partial charge in [0.2, 0.25) is 0 Å². The van der Waals surface area contributed by atoms with E-state index in [2.05, 4.69) is 15.0 Å². The second-order valence-corrected chi connectivity index (χ2v) is 3.84. The molecule has 0 amide bonds. The van der Waals surface area contributed by atoms with E-state index in [1.807, 2.05) is 17.7 Å². The van der Waals surface area contributed by atoms with Crippen LogP contribution in [0.15, 0.2) is 11.5 Å². The van der Waals surface area contributed by atoms with Crippen LogP contribution in [0.4, 0.5) is 0 Å². The second-order valence-electron chi connectivity index (χ2n) is 2.70. The quantitative estimate of drug-likeness (QED) is 0.449. The second kappa shape index (κ2) is 3.74. The highest BCUT2D eigenvalue weighted by Crippen LogP contribution is 2.21. The number of aromatic nitrogens is 4. The maximum atomic E-state index is 5.97. The molecule has 0 saturated heterocycles. The van der Waals surface area contributed by atoms with Crippen LogP contribution < -0.4 is 0 Å². The summed E-state index contributed by atoms with van der Waals surface area (Å²) in [5, 5.41) is 1.10. The Bertz CT molecular complexity index is 468. The highest BCUT2D eigenvalue weighted by molar-refractivity contribution is 7.98. The molecule has 4 nitrogen and oxygen atoms in total. The van der Waals surface area contributed by atoms with Gasteiger partial charge >= 0.3 is 0 Å². The van der Waals surface area contributed by atoms with Crippen molar-refractivity contribution in [1.82, 2.24) is 19.5 Å². The number of imidazole rings is 1. The fraction of sp³-hybridized carbons (Fsp3) is 0.375. The Morgan fingerprint density at radius 1 is 1.50 bits per heavy atom. The van der Waals surface area contributed by atoms with Gasteiger partial charge in [0.1, 0.15) is 5.52 Å². The molecule has 0 aliphatic rings. The van der Waals surface area contributed by atoms with Crippen molar-refractivity contribution in [3.63, 3.8) is 0 Å². The Labute approximate surface area is 90.7 Å². The van der Waals surface area contributed by atoms with Gasteiger partial charge in [-0.1, -0.05) is 23.4 Å². The van der Waals surface area contributed by atoms with Gasteiger partial charge in [-0.15, -0.1) is 0 Å². The Morgan fingerprint density at radius 3 is 2.93 bits per heavy atom. The summed E-state index contributed by atoms with van der Waals surface area (Å²) >= 11 is 7.44. The van der Waals surface area contributed by atoms with Gasteiger partial charge in [-0.3, -0.25) is 0 Å². The standard InChI is InChI=1S/C8H9ClN4S/c1-3-13-4-10-5-6(9)11-8(14-2)12-7(5)13/h4H,3H2,1-2H3. The van der Waals surface area contributed by atoms with Crippen molar-refractivity contribution in [1.29, 1.82) is 0 Å². The van der Waals surface area contributed by atoms with Crippen LogP contribution in [0.1, 0.15) is 6.92 Å². The first-order chi connectivity index (χ1) is 6.76. The zero-order chi connectivity index (χ0) is 10.1. The first-order valence-electron chi connectivity index (χ1n) is 4.18. The first kappa shape index (κ1) is 9.73. The lowest BCUT2D eigenvalue weighted by Gasteiger charge is -2.00. The summed E-state index contributed by atoms with van der Waals surface area (Å²) in [6.07, 6.45) is 3.65. The van der Waals surface area contributed by atoms with Gasteiger partial charge in [-0.05, 0) is 13.2 Å². The van der Waals surface area contributed by atoms with Gasteiger partial charge < -0.3 is 4.57 Å². The number of aryl methyl sites for hydroxylation is 1. The van der Waals surface area contributed by atoms with Crippen LogP contribution in [-0.4, -0.2) is 25.8 Å². The molecule has 0 aromatic carbocycles. The zero-order valence-electron chi connectivity index (χ0n) is 7.86. The summed E-state index contributed by atoms with van der Waals surface area (Å²) < 4.78 is 1.95. The molecule has 0 N–H and O–H groups in total. The normalized spacial score (nSPS) is 11.1. The van der Waals surface area contributed by atoms with Crippen molar-refractivity contribution in [2.24, 2.45) is 0 Å². The molecular formula is C8H9ClN4S. The molecular weight excluding hydrogens is 220 g/mol. The number of nitrogens with zero attached hydrogens (tertiary/aromatic N) is 4. The van der Waals surface area contributed by atoms with Crippen LogP contribution in [0.3, 0.4) is 0 Å². The minimum Gasteiger partial charge on any atom is -0.315 e. The monoisotopic (exact) mass is 228 g/mol. The third kappa shape index (κ3) is 1.46. The smallest absolute Gasteiger partial charge is 0.190 e. The van der Waals surface area contributed by atoms with Crippen molar-refractivity contribution < 1.29 is 0 Å². The summed E-state index contributed by atoms with van der Waals surface area (Å²) in [5.74, 6) is 0. The summed E-state index contributed by atoms with van der Waals surface area (Å²) in [6.45, 7) is 2.87. The molecule has 74 valence electrons. The molecule has 0 spiro atoms. The van der Waals surface area contributed by atoms with Gasteiger partial charge in [-0.25, -0.2) is 15.0 Å². The van der Waals surface area contributed by atoms with Crippen LogP contribution in [-0.2, 0) is 6.54 Å². The van der Waals surface area contributed by atoms with Crippen molar-refractivity contribution in [3.05, 3.63) is 11.5 Å². The number of thioether (sulfide) groups is 1. The van der Waals surface area contributed by atoms with Crippen molar-refractivity contribution in [3.8, 4) is 0 Å². The van der Waals surface area contributed by atoms with Gasteiger partial charge in [-0.2, -0.15) is 0 Å². The molecule has 0 fully saturated rings. The lowest BCUT2D eigenvalue weighted by atomic mass is 10.5. The Morgan fingerprint density at radius 2 is 2.29 bits per heavy atom. The summed E-state index contributed by atoms with van der Waals surface area (Å²) in [4.78, 5) is 12.6. The molecule has 14 heavy (non-hydrogen) atoms. The van der Waals surface area contributed by atoms with Crippen LogP contribution in [0, 0.1) is 0 Å². The van der Waals surface area contributed by atoms with E-state index in [9.17, 15) is 0 Å². The molecule has 0 aliphatic heterocycles. The third-order valence-electron chi connectivity index (χ3n) is 1.92. The largest absolute Gasteiger partial charge is 0.315 e. The predicted molar refractivity (Wildman–Crippen MR) is 57.8 cm³/mol. The van der Waals surface area contributed by atoms with Crippen molar-refractivity contribution in [2.45, 2.75) is 18.6 Å².